The minimum absolute atomic E-state index is 0.223. The number of hydrogen-bond donors (Lipinski definition) is 1. The van der Waals surface area contributed by atoms with Crippen molar-refractivity contribution in [2.45, 2.75) is 44.8 Å². The van der Waals surface area contributed by atoms with Crippen molar-refractivity contribution in [3.8, 4) is 0 Å². The number of rotatable bonds is 4. The van der Waals surface area contributed by atoms with Gasteiger partial charge >= 0.3 is 6.18 Å². The van der Waals surface area contributed by atoms with E-state index in [0.717, 1.165) is 32.5 Å². The van der Waals surface area contributed by atoms with Crippen molar-refractivity contribution in [1.82, 2.24) is 10.2 Å². The van der Waals surface area contributed by atoms with Crippen molar-refractivity contribution in [1.29, 1.82) is 0 Å². The zero-order valence-corrected chi connectivity index (χ0v) is 9.82. The number of halogens is 3. The van der Waals surface area contributed by atoms with E-state index in [1.54, 1.807) is 0 Å². The Morgan fingerprint density at radius 1 is 1.31 bits per heavy atom. The summed E-state index contributed by atoms with van der Waals surface area (Å²) in [6, 6.07) is 0.535. The average molecular weight is 238 g/mol. The topological polar surface area (TPSA) is 15.3 Å². The molecule has 5 heteroatoms. The Kier molecular flexibility index (Phi) is 5.55. The SMILES string of the molecule is CCC1CCN(CCCC(F)(F)F)CCN1. The Labute approximate surface area is 95.2 Å². The molecule has 1 unspecified atom stereocenters. The van der Waals surface area contributed by atoms with Crippen LogP contribution in [0, 0.1) is 0 Å². The third-order valence-corrected chi connectivity index (χ3v) is 3.08. The monoisotopic (exact) mass is 238 g/mol. The summed E-state index contributed by atoms with van der Waals surface area (Å²) in [4.78, 5) is 2.13. The molecule has 0 radical (unpaired) electrons. The first-order valence-electron chi connectivity index (χ1n) is 6.04. The molecule has 1 aliphatic heterocycles. The van der Waals surface area contributed by atoms with Crippen molar-refractivity contribution in [2.24, 2.45) is 0 Å². The fourth-order valence-corrected chi connectivity index (χ4v) is 2.05. The predicted molar refractivity (Wildman–Crippen MR) is 58.4 cm³/mol. The van der Waals surface area contributed by atoms with Crippen LogP contribution in [-0.4, -0.2) is 43.3 Å². The van der Waals surface area contributed by atoms with Crippen LogP contribution in [0.1, 0.15) is 32.6 Å². The van der Waals surface area contributed by atoms with Gasteiger partial charge in [0.1, 0.15) is 0 Å². The molecular formula is C11H21F3N2. The molecule has 0 saturated carbocycles. The predicted octanol–water partition coefficient (Wildman–Crippen LogP) is 2.40. The van der Waals surface area contributed by atoms with E-state index in [0.29, 0.717) is 12.6 Å². The summed E-state index contributed by atoms with van der Waals surface area (Å²) in [5, 5.41) is 3.40. The summed E-state index contributed by atoms with van der Waals surface area (Å²) in [5.74, 6) is 0. The van der Waals surface area contributed by atoms with Crippen LogP contribution < -0.4 is 5.32 Å². The molecule has 1 atom stereocenters. The van der Waals surface area contributed by atoms with Crippen LogP contribution in [0.4, 0.5) is 13.2 Å². The lowest BCUT2D eigenvalue weighted by atomic mass is 10.1. The minimum Gasteiger partial charge on any atom is -0.313 e. The standard InChI is InChI=1S/C11H21F3N2/c1-2-10-4-8-16(9-6-15-10)7-3-5-11(12,13)14/h10,15H,2-9H2,1H3. The van der Waals surface area contributed by atoms with Crippen LogP contribution in [0.3, 0.4) is 0 Å². The second-order valence-corrected chi connectivity index (χ2v) is 4.41. The van der Waals surface area contributed by atoms with E-state index < -0.39 is 12.6 Å². The molecule has 1 N–H and O–H groups in total. The van der Waals surface area contributed by atoms with Crippen molar-refractivity contribution >= 4 is 0 Å². The van der Waals surface area contributed by atoms with Crippen molar-refractivity contribution in [2.75, 3.05) is 26.2 Å². The maximum Gasteiger partial charge on any atom is 0.389 e. The molecule has 96 valence electrons. The zero-order valence-electron chi connectivity index (χ0n) is 9.82. The summed E-state index contributed by atoms with van der Waals surface area (Å²) in [6.45, 7) is 5.39. The van der Waals surface area contributed by atoms with Gasteiger partial charge in [-0.15, -0.1) is 0 Å². The largest absolute Gasteiger partial charge is 0.389 e. The average Bonchev–Trinajstić information content (AvgIpc) is 2.41. The smallest absolute Gasteiger partial charge is 0.313 e. The second-order valence-electron chi connectivity index (χ2n) is 4.41. The highest BCUT2D eigenvalue weighted by Gasteiger charge is 2.26. The van der Waals surface area contributed by atoms with Gasteiger partial charge < -0.3 is 10.2 Å². The molecule has 1 saturated heterocycles. The van der Waals surface area contributed by atoms with E-state index in [2.05, 4.69) is 17.1 Å². The Bertz CT molecular complexity index is 194. The number of nitrogens with zero attached hydrogens (tertiary/aromatic N) is 1. The molecule has 1 rings (SSSR count). The van der Waals surface area contributed by atoms with Crippen LogP contribution in [0.25, 0.3) is 0 Å². The fourth-order valence-electron chi connectivity index (χ4n) is 2.05. The summed E-state index contributed by atoms with van der Waals surface area (Å²) in [7, 11) is 0. The van der Waals surface area contributed by atoms with Gasteiger partial charge in [-0.3, -0.25) is 0 Å². The maximum absolute atomic E-state index is 12.0. The molecule has 16 heavy (non-hydrogen) atoms. The lowest BCUT2D eigenvalue weighted by Crippen LogP contribution is -2.30. The Morgan fingerprint density at radius 2 is 2.06 bits per heavy atom. The van der Waals surface area contributed by atoms with Gasteiger partial charge in [0, 0.05) is 25.6 Å². The lowest BCUT2D eigenvalue weighted by Gasteiger charge is -2.19. The van der Waals surface area contributed by atoms with Gasteiger partial charge in [0.2, 0.25) is 0 Å². The van der Waals surface area contributed by atoms with E-state index in [4.69, 9.17) is 0 Å². The summed E-state index contributed by atoms with van der Waals surface area (Å²) in [5.41, 5.74) is 0. The van der Waals surface area contributed by atoms with E-state index >= 15 is 0 Å². The highest BCUT2D eigenvalue weighted by atomic mass is 19.4. The number of hydrogen-bond acceptors (Lipinski definition) is 2. The van der Waals surface area contributed by atoms with Crippen molar-refractivity contribution in [3.05, 3.63) is 0 Å². The quantitative estimate of drug-likeness (QED) is 0.809. The molecule has 0 aromatic carbocycles. The third kappa shape index (κ3) is 5.70. The zero-order chi connectivity index (χ0) is 12.0. The Balaban J connectivity index is 2.18. The van der Waals surface area contributed by atoms with Gasteiger partial charge in [0.25, 0.3) is 0 Å². The summed E-state index contributed by atoms with van der Waals surface area (Å²) in [6.07, 6.45) is -2.30. The number of nitrogens with one attached hydrogen (secondary N) is 1. The van der Waals surface area contributed by atoms with Crippen LogP contribution in [0.5, 0.6) is 0 Å². The van der Waals surface area contributed by atoms with Gasteiger partial charge in [-0.05, 0) is 32.4 Å². The summed E-state index contributed by atoms with van der Waals surface area (Å²) >= 11 is 0. The van der Waals surface area contributed by atoms with E-state index in [-0.39, 0.29) is 6.42 Å². The molecule has 0 aromatic rings. The van der Waals surface area contributed by atoms with Gasteiger partial charge in [0.15, 0.2) is 0 Å². The minimum atomic E-state index is -4.00. The molecule has 0 aromatic heterocycles. The lowest BCUT2D eigenvalue weighted by molar-refractivity contribution is -0.136. The van der Waals surface area contributed by atoms with Gasteiger partial charge in [0.05, 0.1) is 0 Å². The van der Waals surface area contributed by atoms with Gasteiger partial charge in [-0.25, -0.2) is 0 Å². The first-order chi connectivity index (χ1) is 7.51. The fraction of sp³-hybridized carbons (Fsp3) is 1.00. The normalized spacial score (nSPS) is 24.4. The summed E-state index contributed by atoms with van der Waals surface area (Å²) < 4.78 is 35.9. The first kappa shape index (κ1) is 13.8. The van der Waals surface area contributed by atoms with E-state index in [1.807, 2.05) is 0 Å². The molecular weight excluding hydrogens is 217 g/mol. The molecule has 1 aliphatic rings. The molecule has 0 spiro atoms. The molecule has 1 fully saturated rings. The van der Waals surface area contributed by atoms with Crippen LogP contribution >= 0.6 is 0 Å². The highest BCUT2D eigenvalue weighted by molar-refractivity contribution is 4.74. The van der Waals surface area contributed by atoms with Crippen molar-refractivity contribution < 1.29 is 13.2 Å². The molecule has 0 bridgehead atoms. The van der Waals surface area contributed by atoms with Crippen LogP contribution in [-0.2, 0) is 0 Å². The maximum atomic E-state index is 12.0. The molecule has 0 amide bonds. The number of alkyl halides is 3. The van der Waals surface area contributed by atoms with Gasteiger partial charge in [-0.2, -0.15) is 13.2 Å². The third-order valence-electron chi connectivity index (χ3n) is 3.08. The molecule has 1 heterocycles. The van der Waals surface area contributed by atoms with Crippen LogP contribution in [0.2, 0.25) is 0 Å². The van der Waals surface area contributed by atoms with E-state index in [9.17, 15) is 13.2 Å². The van der Waals surface area contributed by atoms with E-state index in [1.165, 1.54) is 0 Å². The molecule has 2 nitrogen and oxygen atoms in total. The van der Waals surface area contributed by atoms with Crippen LogP contribution in [0.15, 0.2) is 0 Å². The second kappa shape index (κ2) is 6.45. The molecule has 0 aliphatic carbocycles. The van der Waals surface area contributed by atoms with Gasteiger partial charge in [-0.1, -0.05) is 6.92 Å². The Hall–Kier alpha value is -0.290. The first-order valence-corrected chi connectivity index (χ1v) is 6.04. The Morgan fingerprint density at radius 3 is 2.69 bits per heavy atom. The van der Waals surface area contributed by atoms with Crippen molar-refractivity contribution in [3.63, 3.8) is 0 Å². The highest BCUT2D eigenvalue weighted by Crippen LogP contribution is 2.21.